The van der Waals surface area contributed by atoms with Crippen LogP contribution in [0.1, 0.15) is 23.9 Å². The van der Waals surface area contributed by atoms with Crippen LogP contribution in [-0.4, -0.2) is 21.5 Å². The first-order chi connectivity index (χ1) is 10.1. The Morgan fingerprint density at radius 1 is 1.24 bits per heavy atom. The second-order valence-corrected chi connectivity index (χ2v) is 6.02. The number of hydrogen-bond donors (Lipinski definition) is 1. The van der Waals surface area contributed by atoms with Crippen molar-refractivity contribution in [3.8, 4) is 0 Å². The number of hydrogen-bond acceptors (Lipinski definition) is 2. The van der Waals surface area contributed by atoms with Gasteiger partial charge in [0, 0.05) is 18.7 Å². The molecule has 2 rings (SSSR count). The molecule has 0 spiro atoms. The fourth-order valence-electron chi connectivity index (χ4n) is 2.49. The lowest BCUT2D eigenvalue weighted by Gasteiger charge is -2.15. The molecule has 1 aromatic heterocycles. The van der Waals surface area contributed by atoms with Crippen LogP contribution in [0.2, 0.25) is 10.0 Å². The van der Waals surface area contributed by atoms with Crippen molar-refractivity contribution in [3.05, 3.63) is 51.3 Å². The standard InChI is InChI=1S/C16H20Cl2N2O/c1-3-14-16(18)15(20(2)19-14)9-11(10-21)8-12-6-4-5-7-13(12)17/h4-7,11,21H,3,8-10H2,1-2H3. The normalized spacial score (nSPS) is 12.6. The average molecular weight is 327 g/mol. The number of benzene rings is 1. The molecule has 114 valence electrons. The minimum absolute atomic E-state index is 0.0718. The molecule has 0 aliphatic rings. The molecule has 0 bridgehead atoms. The maximum Gasteiger partial charge on any atom is 0.0849 e. The lowest BCUT2D eigenvalue weighted by Crippen LogP contribution is -2.15. The van der Waals surface area contributed by atoms with Gasteiger partial charge in [-0.3, -0.25) is 4.68 Å². The quantitative estimate of drug-likeness (QED) is 0.879. The summed E-state index contributed by atoms with van der Waals surface area (Å²) in [4.78, 5) is 0. The maximum absolute atomic E-state index is 9.67. The van der Waals surface area contributed by atoms with Gasteiger partial charge in [-0.05, 0) is 36.8 Å². The Balaban J connectivity index is 2.16. The molecule has 1 aromatic carbocycles. The second-order valence-electron chi connectivity index (χ2n) is 5.23. The van der Waals surface area contributed by atoms with Crippen LogP contribution in [0, 0.1) is 5.92 Å². The zero-order valence-corrected chi connectivity index (χ0v) is 13.8. The van der Waals surface area contributed by atoms with Crippen LogP contribution in [0.5, 0.6) is 0 Å². The van der Waals surface area contributed by atoms with Crippen molar-refractivity contribution in [2.45, 2.75) is 26.2 Å². The Bertz CT molecular complexity index is 610. The summed E-state index contributed by atoms with van der Waals surface area (Å²) in [6.07, 6.45) is 2.21. The minimum Gasteiger partial charge on any atom is -0.396 e. The van der Waals surface area contributed by atoms with Gasteiger partial charge in [0.1, 0.15) is 0 Å². The molecule has 0 aliphatic carbocycles. The Hall–Kier alpha value is -1.03. The van der Waals surface area contributed by atoms with Gasteiger partial charge in [0.15, 0.2) is 0 Å². The van der Waals surface area contributed by atoms with Gasteiger partial charge >= 0.3 is 0 Å². The van der Waals surface area contributed by atoms with E-state index in [1.54, 1.807) is 0 Å². The molecule has 0 aliphatic heterocycles. The van der Waals surface area contributed by atoms with Crippen molar-refractivity contribution in [2.24, 2.45) is 13.0 Å². The summed E-state index contributed by atoms with van der Waals surface area (Å²) in [5.74, 6) is 0.0718. The summed E-state index contributed by atoms with van der Waals surface area (Å²) in [6.45, 7) is 2.12. The van der Waals surface area contributed by atoms with Gasteiger partial charge in [0.2, 0.25) is 0 Å². The largest absolute Gasteiger partial charge is 0.396 e. The molecule has 0 fully saturated rings. The zero-order chi connectivity index (χ0) is 15.4. The van der Waals surface area contributed by atoms with Crippen LogP contribution in [0.3, 0.4) is 0 Å². The van der Waals surface area contributed by atoms with Crippen LogP contribution in [0.15, 0.2) is 24.3 Å². The predicted molar refractivity (Wildman–Crippen MR) is 87.0 cm³/mol. The third-order valence-electron chi connectivity index (χ3n) is 3.71. The van der Waals surface area contributed by atoms with E-state index in [9.17, 15) is 5.11 Å². The summed E-state index contributed by atoms with van der Waals surface area (Å²) in [5.41, 5.74) is 2.93. The van der Waals surface area contributed by atoms with Gasteiger partial charge in [0.25, 0.3) is 0 Å². The fraction of sp³-hybridized carbons (Fsp3) is 0.438. The highest BCUT2D eigenvalue weighted by atomic mass is 35.5. The van der Waals surface area contributed by atoms with E-state index in [1.165, 1.54) is 0 Å². The topological polar surface area (TPSA) is 38.0 Å². The molecule has 1 atom stereocenters. The third-order valence-corrected chi connectivity index (χ3v) is 4.51. The lowest BCUT2D eigenvalue weighted by molar-refractivity contribution is 0.223. The van der Waals surface area contributed by atoms with E-state index in [1.807, 2.05) is 42.9 Å². The van der Waals surface area contributed by atoms with Crippen LogP contribution in [0.4, 0.5) is 0 Å². The highest BCUT2D eigenvalue weighted by molar-refractivity contribution is 6.32. The molecular formula is C16H20Cl2N2O. The number of aryl methyl sites for hydroxylation is 2. The van der Waals surface area contributed by atoms with E-state index in [0.29, 0.717) is 6.42 Å². The van der Waals surface area contributed by atoms with Crippen molar-refractivity contribution in [1.29, 1.82) is 0 Å². The van der Waals surface area contributed by atoms with E-state index < -0.39 is 0 Å². The first-order valence-electron chi connectivity index (χ1n) is 7.11. The lowest BCUT2D eigenvalue weighted by atomic mass is 9.95. The number of halogens is 2. The van der Waals surface area contributed by atoms with Crippen molar-refractivity contribution in [2.75, 3.05) is 6.61 Å². The summed E-state index contributed by atoms with van der Waals surface area (Å²) < 4.78 is 1.82. The summed E-state index contributed by atoms with van der Waals surface area (Å²) in [6, 6.07) is 7.73. The van der Waals surface area contributed by atoms with Crippen LogP contribution >= 0.6 is 23.2 Å². The molecule has 1 heterocycles. The zero-order valence-electron chi connectivity index (χ0n) is 12.3. The van der Waals surface area contributed by atoms with Crippen molar-refractivity contribution in [1.82, 2.24) is 9.78 Å². The molecule has 5 heteroatoms. The van der Waals surface area contributed by atoms with Gasteiger partial charge in [-0.1, -0.05) is 48.3 Å². The minimum atomic E-state index is 0.0718. The number of rotatable bonds is 6. The molecule has 1 unspecified atom stereocenters. The van der Waals surface area contributed by atoms with Crippen LogP contribution in [-0.2, 0) is 26.3 Å². The van der Waals surface area contributed by atoms with Gasteiger partial charge in [-0.2, -0.15) is 5.10 Å². The molecule has 3 nitrogen and oxygen atoms in total. The van der Waals surface area contributed by atoms with Crippen LogP contribution < -0.4 is 0 Å². The Morgan fingerprint density at radius 3 is 2.52 bits per heavy atom. The van der Waals surface area contributed by atoms with Gasteiger partial charge in [0.05, 0.1) is 16.4 Å². The summed E-state index contributed by atoms with van der Waals surface area (Å²) in [5, 5.41) is 15.5. The van der Waals surface area contributed by atoms with Crippen LogP contribution in [0.25, 0.3) is 0 Å². The molecule has 2 aromatic rings. The Kier molecular flexibility index (Phi) is 5.68. The summed E-state index contributed by atoms with van der Waals surface area (Å²) >= 11 is 12.6. The Labute approximate surface area is 135 Å². The molecule has 21 heavy (non-hydrogen) atoms. The highest BCUT2D eigenvalue weighted by Gasteiger charge is 2.18. The first-order valence-corrected chi connectivity index (χ1v) is 7.86. The predicted octanol–water partition coefficient (Wildman–Crippen LogP) is 3.68. The Morgan fingerprint density at radius 2 is 1.95 bits per heavy atom. The SMILES string of the molecule is CCc1nn(C)c(CC(CO)Cc2ccccc2Cl)c1Cl. The number of nitrogens with zero attached hydrogens (tertiary/aromatic N) is 2. The fourth-order valence-corrected chi connectivity index (χ4v) is 3.07. The van der Waals surface area contributed by atoms with Crippen molar-refractivity contribution >= 4 is 23.2 Å². The number of aromatic nitrogens is 2. The van der Waals surface area contributed by atoms with Gasteiger partial charge in [-0.15, -0.1) is 0 Å². The van der Waals surface area contributed by atoms with Gasteiger partial charge < -0.3 is 5.11 Å². The molecule has 1 N–H and O–H groups in total. The van der Waals surface area contributed by atoms with E-state index in [2.05, 4.69) is 5.10 Å². The molecule has 0 radical (unpaired) electrons. The first kappa shape index (κ1) is 16.3. The molecule has 0 amide bonds. The number of aliphatic hydroxyl groups is 1. The third kappa shape index (κ3) is 3.79. The van der Waals surface area contributed by atoms with E-state index in [-0.39, 0.29) is 12.5 Å². The van der Waals surface area contributed by atoms with E-state index >= 15 is 0 Å². The molecular weight excluding hydrogens is 307 g/mol. The monoisotopic (exact) mass is 326 g/mol. The molecule has 0 saturated carbocycles. The smallest absolute Gasteiger partial charge is 0.0849 e. The van der Waals surface area contributed by atoms with E-state index in [4.69, 9.17) is 23.2 Å². The van der Waals surface area contributed by atoms with Gasteiger partial charge in [-0.25, -0.2) is 0 Å². The molecule has 0 saturated heterocycles. The van der Waals surface area contributed by atoms with E-state index in [0.717, 1.165) is 39.8 Å². The maximum atomic E-state index is 9.67. The summed E-state index contributed by atoms with van der Waals surface area (Å²) in [7, 11) is 1.89. The van der Waals surface area contributed by atoms with Crippen molar-refractivity contribution < 1.29 is 5.11 Å². The highest BCUT2D eigenvalue weighted by Crippen LogP contribution is 2.26. The van der Waals surface area contributed by atoms with Crippen molar-refractivity contribution in [3.63, 3.8) is 0 Å². The average Bonchev–Trinajstić information content (AvgIpc) is 2.75. The number of aliphatic hydroxyl groups excluding tert-OH is 1. The second kappa shape index (κ2) is 7.30.